The highest BCUT2D eigenvalue weighted by Crippen LogP contribution is 2.21. The van der Waals surface area contributed by atoms with E-state index in [9.17, 15) is 9.18 Å². The lowest BCUT2D eigenvalue weighted by atomic mass is 10.1. The average molecular weight is 286 g/mol. The Kier molecular flexibility index (Phi) is 4.58. The van der Waals surface area contributed by atoms with Crippen molar-refractivity contribution < 1.29 is 9.18 Å². The van der Waals surface area contributed by atoms with E-state index >= 15 is 0 Å². The highest BCUT2D eigenvalue weighted by Gasteiger charge is 2.18. The molecular formula is C17H19FN2O. The Balaban J connectivity index is 2.37. The molecule has 0 radical (unpaired) electrons. The van der Waals surface area contributed by atoms with Gasteiger partial charge in [-0.15, -0.1) is 0 Å². The number of amides is 1. The second-order valence-corrected chi connectivity index (χ2v) is 4.81. The Bertz CT molecular complexity index is 655. The highest BCUT2D eigenvalue weighted by molar-refractivity contribution is 6.07. The first kappa shape index (κ1) is 15.0. The molecule has 0 saturated carbocycles. The van der Waals surface area contributed by atoms with Crippen LogP contribution in [-0.2, 0) is 0 Å². The maximum absolute atomic E-state index is 13.4. The molecule has 0 atom stereocenters. The minimum atomic E-state index is -0.346. The maximum atomic E-state index is 13.4. The highest BCUT2D eigenvalue weighted by atomic mass is 19.1. The van der Waals surface area contributed by atoms with Gasteiger partial charge in [-0.2, -0.15) is 0 Å². The minimum Gasteiger partial charge on any atom is -0.388 e. The van der Waals surface area contributed by atoms with Crippen LogP contribution in [0.15, 0.2) is 42.5 Å². The van der Waals surface area contributed by atoms with Gasteiger partial charge in [0.15, 0.2) is 0 Å². The van der Waals surface area contributed by atoms with Crippen molar-refractivity contribution >= 4 is 17.3 Å². The first-order chi connectivity index (χ1) is 10.1. The smallest absolute Gasteiger partial charge is 0.258 e. The van der Waals surface area contributed by atoms with Crippen LogP contribution in [-0.4, -0.2) is 19.5 Å². The topological polar surface area (TPSA) is 32.3 Å². The SMILES string of the molecule is CCN(C(=O)c1ccc(NC)cc1C)c1cccc(F)c1. The zero-order valence-electron chi connectivity index (χ0n) is 12.5. The van der Waals surface area contributed by atoms with E-state index in [1.165, 1.54) is 12.1 Å². The standard InChI is InChI=1S/C17H19FN2O/c1-4-20(15-7-5-6-13(18)11-15)17(21)16-9-8-14(19-3)10-12(16)2/h5-11,19H,4H2,1-3H3. The van der Waals surface area contributed by atoms with Gasteiger partial charge in [0.2, 0.25) is 0 Å². The van der Waals surface area contributed by atoms with E-state index < -0.39 is 0 Å². The molecule has 3 nitrogen and oxygen atoms in total. The van der Waals surface area contributed by atoms with E-state index in [0.717, 1.165) is 11.3 Å². The van der Waals surface area contributed by atoms with Gasteiger partial charge in [-0.3, -0.25) is 4.79 Å². The number of carbonyl (C=O) groups is 1. The molecule has 21 heavy (non-hydrogen) atoms. The quantitative estimate of drug-likeness (QED) is 0.926. The molecule has 2 aromatic carbocycles. The van der Waals surface area contributed by atoms with Gasteiger partial charge in [0.05, 0.1) is 0 Å². The fraction of sp³-hybridized carbons (Fsp3) is 0.235. The fourth-order valence-corrected chi connectivity index (χ4v) is 2.29. The Labute approximate surface area is 124 Å². The zero-order valence-corrected chi connectivity index (χ0v) is 12.5. The van der Waals surface area contributed by atoms with E-state index in [-0.39, 0.29) is 11.7 Å². The molecule has 0 aliphatic heterocycles. The second kappa shape index (κ2) is 6.39. The third kappa shape index (κ3) is 3.21. The number of nitrogens with one attached hydrogen (secondary N) is 1. The van der Waals surface area contributed by atoms with Crippen LogP contribution in [0.4, 0.5) is 15.8 Å². The van der Waals surface area contributed by atoms with E-state index in [0.29, 0.717) is 17.8 Å². The van der Waals surface area contributed by atoms with Crippen LogP contribution in [0.1, 0.15) is 22.8 Å². The summed E-state index contributed by atoms with van der Waals surface area (Å²) in [6.07, 6.45) is 0. The van der Waals surface area contributed by atoms with Crippen molar-refractivity contribution in [3.05, 3.63) is 59.4 Å². The number of aryl methyl sites for hydroxylation is 1. The molecule has 0 spiro atoms. The number of hydrogen-bond donors (Lipinski definition) is 1. The lowest BCUT2D eigenvalue weighted by molar-refractivity contribution is 0.0987. The lowest BCUT2D eigenvalue weighted by Crippen LogP contribution is -2.31. The molecule has 0 aliphatic rings. The zero-order chi connectivity index (χ0) is 15.4. The van der Waals surface area contributed by atoms with Crippen molar-refractivity contribution in [3.8, 4) is 0 Å². The first-order valence-corrected chi connectivity index (χ1v) is 6.92. The molecule has 1 amide bonds. The third-order valence-electron chi connectivity index (χ3n) is 3.43. The largest absolute Gasteiger partial charge is 0.388 e. The summed E-state index contributed by atoms with van der Waals surface area (Å²) in [6.45, 7) is 4.25. The van der Waals surface area contributed by atoms with Gasteiger partial charge in [0.1, 0.15) is 5.82 Å². The van der Waals surface area contributed by atoms with Crippen LogP contribution in [0.25, 0.3) is 0 Å². The van der Waals surface area contributed by atoms with Gasteiger partial charge >= 0.3 is 0 Å². The van der Waals surface area contributed by atoms with Crippen LogP contribution in [0.5, 0.6) is 0 Å². The van der Waals surface area contributed by atoms with Crippen LogP contribution in [0.2, 0.25) is 0 Å². The number of carbonyl (C=O) groups excluding carboxylic acids is 1. The monoisotopic (exact) mass is 286 g/mol. The van der Waals surface area contributed by atoms with E-state index in [1.807, 2.05) is 33.0 Å². The predicted molar refractivity (Wildman–Crippen MR) is 84.5 cm³/mol. The third-order valence-corrected chi connectivity index (χ3v) is 3.43. The molecule has 1 N–H and O–H groups in total. The summed E-state index contributed by atoms with van der Waals surface area (Å²) in [5.41, 5.74) is 3.04. The van der Waals surface area contributed by atoms with Crippen molar-refractivity contribution in [1.82, 2.24) is 0 Å². The summed E-state index contributed by atoms with van der Waals surface area (Å²) in [5, 5.41) is 3.04. The Morgan fingerprint density at radius 1 is 1.24 bits per heavy atom. The molecule has 0 aromatic heterocycles. The molecule has 0 heterocycles. The molecule has 0 saturated heterocycles. The van der Waals surface area contributed by atoms with Gasteiger partial charge in [-0.05, 0) is 55.8 Å². The molecule has 110 valence electrons. The van der Waals surface area contributed by atoms with Gasteiger partial charge in [0.25, 0.3) is 5.91 Å². The molecular weight excluding hydrogens is 267 g/mol. The maximum Gasteiger partial charge on any atom is 0.258 e. The molecule has 4 heteroatoms. The molecule has 0 aliphatic carbocycles. The van der Waals surface area contributed by atoms with E-state index in [1.54, 1.807) is 23.1 Å². The van der Waals surface area contributed by atoms with Gasteiger partial charge in [-0.25, -0.2) is 4.39 Å². The molecule has 0 bridgehead atoms. The molecule has 2 aromatic rings. The van der Waals surface area contributed by atoms with Crippen LogP contribution in [0.3, 0.4) is 0 Å². The minimum absolute atomic E-state index is 0.122. The Morgan fingerprint density at radius 3 is 2.57 bits per heavy atom. The number of benzene rings is 2. The Hall–Kier alpha value is -2.36. The number of halogens is 1. The number of anilines is 2. The normalized spacial score (nSPS) is 10.3. The number of nitrogens with zero attached hydrogens (tertiary/aromatic N) is 1. The lowest BCUT2D eigenvalue weighted by Gasteiger charge is -2.22. The van der Waals surface area contributed by atoms with Crippen molar-refractivity contribution in [1.29, 1.82) is 0 Å². The summed E-state index contributed by atoms with van der Waals surface area (Å²) < 4.78 is 13.4. The van der Waals surface area contributed by atoms with E-state index in [4.69, 9.17) is 0 Å². The molecule has 0 fully saturated rings. The summed E-state index contributed by atoms with van der Waals surface area (Å²) in [6, 6.07) is 11.7. The summed E-state index contributed by atoms with van der Waals surface area (Å²) in [5.74, 6) is -0.468. The fourth-order valence-electron chi connectivity index (χ4n) is 2.29. The summed E-state index contributed by atoms with van der Waals surface area (Å²) in [4.78, 5) is 14.3. The van der Waals surface area contributed by atoms with Crippen molar-refractivity contribution in [2.75, 3.05) is 23.8 Å². The molecule has 0 unspecified atom stereocenters. The summed E-state index contributed by atoms with van der Waals surface area (Å²) in [7, 11) is 1.83. The van der Waals surface area contributed by atoms with Crippen LogP contribution < -0.4 is 10.2 Å². The van der Waals surface area contributed by atoms with Gasteiger partial charge in [-0.1, -0.05) is 6.07 Å². The Morgan fingerprint density at radius 2 is 2.00 bits per heavy atom. The van der Waals surface area contributed by atoms with E-state index in [2.05, 4.69) is 5.32 Å². The molecule has 2 rings (SSSR count). The van der Waals surface area contributed by atoms with Crippen LogP contribution >= 0.6 is 0 Å². The summed E-state index contributed by atoms with van der Waals surface area (Å²) >= 11 is 0. The first-order valence-electron chi connectivity index (χ1n) is 6.92. The van der Waals surface area contributed by atoms with Crippen LogP contribution in [0, 0.1) is 12.7 Å². The predicted octanol–water partition coefficient (Wildman–Crippen LogP) is 3.84. The number of rotatable bonds is 4. The number of hydrogen-bond acceptors (Lipinski definition) is 2. The van der Waals surface area contributed by atoms with Gasteiger partial charge in [0, 0.05) is 30.5 Å². The van der Waals surface area contributed by atoms with Crippen molar-refractivity contribution in [2.45, 2.75) is 13.8 Å². The van der Waals surface area contributed by atoms with Crippen molar-refractivity contribution in [2.24, 2.45) is 0 Å². The van der Waals surface area contributed by atoms with Crippen molar-refractivity contribution in [3.63, 3.8) is 0 Å². The van der Waals surface area contributed by atoms with Gasteiger partial charge < -0.3 is 10.2 Å². The second-order valence-electron chi connectivity index (χ2n) is 4.81. The average Bonchev–Trinajstić information content (AvgIpc) is 2.47.